The third-order valence-corrected chi connectivity index (χ3v) is 4.73. The van der Waals surface area contributed by atoms with Crippen LogP contribution in [0.5, 0.6) is 0 Å². The van der Waals surface area contributed by atoms with E-state index < -0.39 is 0 Å². The van der Waals surface area contributed by atoms with Gasteiger partial charge in [0.05, 0.1) is 5.69 Å². The Morgan fingerprint density at radius 2 is 1.71 bits per heavy atom. The minimum absolute atomic E-state index is 0.0606. The van der Waals surface area contributed by atoms with Crippen LogP contribution >= 0.6 is 0 Å². The quantitative estimate of drug-likeness (QED) is 0.597. The van der Waals surface area contributed by atoms with E-state index in [0.29, 0.717) is 5.52 Å². The molecule has 2 aromatic carbocycles. The highest BCUT2D eigenvalue weighted by Gasteiger charge is 2.12. The molecular formula is C22H20N4O2. The van der Waals surface area contributed by atoms with E-state index in [0.717, 1.165) is 28.1 Å². The highest BCUT2D eigenvalue weighted by Crippen LogP contribution is 2.20. The number of rotatable bonds is 4. The fourth-order valence-corrected chi connectivity index (χ4v) is 3.25. The second-order valence-electron chi connectivity index (χ2n) is 6.77. The maximum absolute atomic E-state index is 12.8. The molecule has 6 heteroatoms. The van der Waals surface area contributed by atoms with Crippen LogP contribution < -0.4 is 10.9 Å². The van der Waals surface area contributed by atoms with Crippen molar-refractivity contribution < 1.29 is 4.79 Å². The summed E-state index contributed by atoms with van der Waals surface area (Å²) in [6, 6.07) is 17.2. The maximum atomic E-state index is 12.8. The largest absolute Gasteiger partial charge is 0.324 e. The van der Waals surface area contributed by atoms with Gasteiger partial charge in [0.2, 0.25) is 5.91 Å². The summed E-state index contributed by atoms with van der Waals surface area (Å²) in [6.07, 6.45) is 3.27. The van der Waals surface area contributed by atoms with E-state index in [1.54, 1.807) is 23.0 Å². The summed E-state index contributed by atoms with van der Waals surface area (Å²) >= 11 is 0. The average Bonchev–Trinajstić information content (AvgIpc) is 3.13. The number of aryl methyl sites for hydroxylation is 2. The van der Waals surface area contributed by atoms with Crippen molar-refractivity contribution in [3.05, 3.63) is 88.5 Å². The smallest absolute Gasteiger partial charge is 0.277 e. The van der Waals surface area contributed by atoms with Gasteiger partial charge in [-0.3, -0.25) is 9.59 Å². The van der Waals surface area contributed by atoms with Gasteiger partial charge in [-0.25, -0.2) is 4.52 Å². The molecule has 0 fully saturated rings. The highest BCUT2D eigenvalue weighted by molar-refractivity contribution is 5.92. The number of hydrogen-bond acceptors (Lipinski definition) is 3. The monoisotopic (exact) mass is 372 g/mol. The molecule has 2 aromatic heterocycles. The lowest BCUT2D eigenvalue weighted by atomic mass is 10.1. The van der Waals surface area contributed by atoms with E-state index >= 15 is 0 Å². The molecule has 0 spiro atoms. The number of benzene rings is 2. The molecule has 0 radical (unpaired) electrons. The zero-order chi connectivity index (χ0) is 19.7. The summed E-state index contributed by atoms with van der Waals surface area (Å²) < 4.78 is 2.94. The first-order chi connectivity index (χ1) is 13.5. The van der Waals surface area contributed by atoms with Crippen LogP contribution in [0.4, 0.5) is 5.69 Å². The third-order valence-electron chi connectivity index (χ3n) is 4.73. The van der Waals surface area contributed by atoms with Crippen molar-refractivity contribution in [1.29, 1.82) is 0 Å². The molecule has 4 rings (SSSR count). The summed E-state index contributed by atoms with van der Waals surface area (Å²) in [7, 11) is 0. The van der Waals surface area contributed by atoms with Crippen LogP contribution in [-0.4, -0.2) is 20.1 Å². The first-order valence-electron chi connectivity index (χ1n) is 9.03. The molecule has 0 saturated heterocycles. The summed E-state index contributed by atoms with van der Waals surface area (Å²) in [5, 5.41) is 7.37. The van der Waals surface area contributed by atoms with E-state index in [1.807, 2.05) is 62.4 Å². The van der Waals surface area contributed by atoms with Gasteiger partial charge in [-0.1, -0.05) is 48.5 Å². The maximum Gasteiger partial charge on any atom is 0.277 e. The standard InChI is InChI=1S/C22H20N4O2/c1-15-7-6-8-16(2)21(15)23-20(27)14-25-11-12-26-19(22(25)28)13-18(24-26)17-9-4-3-5-10-17/h3-13H,14H2,1-2H3,(H,23,27). The Morgan fingerprint density at radius 3 is 2.43 bits per heavy atom. The molecule has 0 aliphatic rings. The van der Waals surface area contributed by atoms with Crippen molar-refractivity contribution in [3.63, 3.8) is 0 Å². The predicted molar refractivity (Wildman–Crippen MR) is 109 cm³/mol. The Morgan fingerprint density at radius 1 is 1.00 bits per heavy atom. The van der Waals surface area contributed by atoms with Crippen LogP contribution in [0.2, 0.25) is 0 Å². The number of fused-ring (bicyclic) bond motifs is 1. The van der Waals surface area contributed by atoms with Gasteiger partial charge in [0, 0.05) is 23.6 Å². The van der Waals surface area contributed by atoms with Crippen LogP contribution in [0.1, 0.15) is 11.1 Å². The number of aromatic nitrogens is 3. The van der Waals surface area contributed by atoms with Crippen molar-refractivity contribution >= 4 is 17.1 Å². The topological polar surface area (TPSA) is 68.4 Å². The lowest BCUT2D eigenvalue weighted by Gasteiger charge is -2.12. The Labute approximate surface area is 162 Å². The average molecular weight is 372 g/mol. The van der Waals surface area contributed by atoms with E-state index in [1.165, 1.54) is 4.57 Å². The number of hydrogen-bond donors (Lipinski definition) is 1. The Kier molecular flexibility index (Phi) is 4.53. The molecular weight excluding hydrogens is 352 g/mol. The van der Waals surface area contributed by atoms with Crippen LogP contribution in [0.3, 0.4) is 0 Å². The number of carbonyl (C=O) groups excluding carboxylic acids is 1. The Hall–Kier alpha value is -3.67. The third kappa shape index (κ3) is 3.32. The zero-order valence-electron chi connectivity index (χ0n) is 15.7. The van der Waals surface area contributed by atoms with Gasteiger partial charge in [-0.05, 0) is 31.0 Å². The van der Waals surface area contributed by atoms with Gasteiger partial charge < -0.3 is 9.88 Å². The predicted octanol–water partition coefficient (Wildman–Crippen LogP) is 3.42. The molecule has 1 N–H and O–H groups in total. The molecule has 0 unspecified atom stereocenters. The summed E-state index contributed by atoms with van der Waals surface area (Å²) in [5.74, 6) is -0.244. The second-order valence-corrected chi connectivity index (χ2v) is 6.77. The zero-order valence-corrected chi connectivity index (χ0v) is 15.7. The summed E-state index contributed by atoms with van der Waals surface area (Å²) in [4.78, 5) is 25.3. The minimum atomic E-state index is -0.256. The summed E-state index contributed by atoms with van der Waals surface area (Å²) in [6.45, 7) is 3.82. The minimum Gasteiger partial charge on any atom is -0.324 e. The molecule has 4 aromatic rings. The number of para-hydroxylation sites is 1. The molecule has 0 saturated carbocycles. The van der Waals surface area contributed by atoms with E-state index in [2.05, 4.69) is 10.4 Å². The van der Waals surface area contributed by atoms with Crippen LogP contribution in [0, 0.1) is 13.8 Å². The van der Waals surface area contributed by atoms with E-state index in [-0.39, 0.29) is 18.0 Å². The van der Waals surface area contributed by atoms with Crippen molar-refractivity contribution in [1.82, 2.24) is 14.2 Å². The molecule has 1 amide bonds. The molecule has 6 nitrogen and oxygen atoms in total. The molecule has 0 bridgehead atoms. The molecule has 0 atom stereocenters. The van der Waals surface area contributed by atoms with Crippen LogP contribution in [-0.2, 0) is 11.3 Å². The van der Waals surface area contributed by atoms with Crippen molar-refractivity contribution in [2.45, 2.75) is 20.4 Å². The fraction of sp³-hybridized carbons (Fsp3) is 0.136. The molecule has 2 heterocycles. The number of nitrogens with one attached hydrogen (secondary N) is 1. The lowest BCUT2D eigenvalue weighted by Crippen LogP contribution is -2.28. The van der Waals surface area contributed by atoms with Crippen LogP contribution in [0.25, 0.3) is 16.8 Å². The SMILES string of the molecule is Cc1cccc(C)c1NC(=O)Cn1ccn2nc(-c3ccccc3)cc2c1=O. The van der Waals surface area contributed by atoms with E-state index in [4.69, 9.17) is 0 Å². The van der Waals surface area contributed by atoms with Gasteiger partial charge >= 0.3 is 0 Å². The van der Waals surface area contributed by atoms with Crippen molar-refractivity contribution in [2.24, 2.45) is 0 Å². The highest BCUT2D eigenvalue weighted by atomic mass is 16.2. The van der Waals surface area contributed by atoms with Gasteiger partial charge in [0.25, 0.3) is 5.56 Å². The molecule has 0 aliphatic heterocycles. The van der Waals surface area contributed by atoms with Crippen molar-refractivity contribution in [3.8, 4) is 11.3 Å². The molecule has 140 valence electrons. The number of amides is 1. The van der Waals surface area contributed by atoms with Crippen molar-refractivity contribution in [2.75, 3.05) is 5.32 Å². The van der Waals surface area contributed by atoms with Crippen LogP contribution in [0.15, 0.2) is 71.8 Å². The Balaban J connectivity index is 1.62. The van der Waals surface area contributed by atoms with Gasteiger partial charge in [0.1, 0.15) is 12.1 Å². The number of anilines is 1. The van der Waals surface area contributed by atoms with E-state index in [9.17, 15) is 9.59 Å². The first-order valence-corrected chi connectivity index (χ1v) is 9.03. The first kappa shape index (κ1) is 17.7. The van der Waals surface area contributed by atoms with Gasteiger partial charge in [-0.2, -0.15) is 5.10 Å². The van der Waals surface area contributed by atoms with Gasteiger partial charge in [0.15, 0.2) is 0 Å². The number of carbonyl (C=O) groups is 1. The lowest BCUT2D eigenvalue weighted by molar-refractivity contribution is -0.116. The number of nitrogens with zero attached hydrogens (tertiary/aromatic N) is 3. The molecule has 0 aliphatic carbocycles. The normalized spacial score (nSPS) is 10.9. The summed E-state index contributed by atoms with van der Waals surface area (Å²) in [5.41, 5.74) is 4.59. The second kappa shape index (κ2) is 7.15. The Bertz CT molecular complexity index is 1200. The fourth-order valence-electron chi connectivity index (χ4n) is 3.25. The molecule has 28 heavy (non-hydrogen) atoms. The van der Waals surface area contributed by atoms with Gasteiger partial charge in [-0.15, -0.1) is 0 Å².